The van der Waals surface area contributed by atoms with Gasteiger partial charge in [0.15, 0.2) is 0 Å². The number of carbonyl (C=O) groups excluding carboxylic acids is 1. The lowest BCUT2D eigenvalue weighted by atomic mass is 10.0. The van der Waals surface area contributed by atoms with Gasteiger partial charge in [0, 0.05) is 22.5 Å². The highest BCUT2D eigenvalue weighted by Gasteiger charge is 2.20. The smallest absolute Gasteiger partial charge is 0.252 e. The van der Waals surface area contributed by atoms with Crippen molar-refractivity contribution in [2.45, 2.75) is 26.8 Å². The first-order chi connectivity index (χ1) is 12.4. The van der Waals surface area contributed by atoms with Gasteiger partial charge in [-0.2, -0.15) is 0 Å². The summed E-state index contributed by atoms with van der Waals surface area (Å²) < 4.78 is 0. The average molecular weight is 368 g/mol. The summed E-state index contributed by atoms with van der Waals surface area (Å²) in [5, 5.41) is 6.14. The van der Waals surface area contributed by atoms with Crippen molar-refractivity contribution in [3.05, 3.63) is 63.0 Å². The fraction of sp³-hybridized carbons (Fsp3) is 0.333. The highest BCUT2D eigenvalue weighted by Crippen LogP contribution is 2.27. The van der Waals surface area contributed by atoms with Gasteiger partial charge in [-0.15, -0.1) is 11.3 Å². The van der Waals surface area contributed by atoms with Crippen LogP contribution in [0.2, 0.25) is 0 Å². The Kier molecular flexibility index (Phi) is 5.39. The number of likely N-dealkylation sites (N-methyl/N-ethyl adjacent to an activating group) is 1. The minimum absolute atomic E-state index is 0.0489. The van der Waals surface area contributed by atoms with E-state index in [1.807, 2.05) is 52.2 Å². The van der Waals surface area contributed by atoms with Crippen molar-refractivity contribution in [3.8, 4) is 0 Å². The lowest BCUT2D eigenvalue weighted by Crippen LogP contribution is -2.34. The second-order valence-electron chi connectivity index (χ2n) is 6.94. The zero-order chi connectivity index (χ0) is 18.8. The predicted octanol–water partition coefficient (Wildman–Crippen LogP) is 4.25. The molecule has 1 atom stereocenters. The number of hydrogen-bond acceptors (Lipinski definition) is 4. The van der Waals surface area contributed by atoms with Crippen molar-refractivity contribution >= 4 is 28.1 Å². The van der Waals surface area contributed by atoms with Crippen molar-refractivity contribution in [3.63, 3.8) is 0 Å². The molecule has 26 heavy (non-hydrogen) atoms. The van der Waals surface area contributed by atoms with Gasteiger partial charge in [-0.1, -0.05) is 18.2 Å². The van der Waals surface area contributed by atoms with E-state index in [4.69, 9.17) is 0 Å². The first-order valence-electron chi connectivity index (χ1n) is 8.74. The molecule has 0 unspecified atom stereocenters. The number of nitrogens with one attached hydrogen (secondary N) is 1. The van der Waals surface area contributed by atoms with E-state index in [-0.39, 0.29) is 11.9 Å². The maximum atomic E-state index is 12.9. The van der Waals surface area contributed by atoms with Crippen LogP contribution in [0.4, 0.5) is 0 Å². The SMILES string of the molecule is Cc1cc(C(=O)NC[C@@H](c2sccc2C)N(C)C)c2cccc(C)c2n1. The number of thiophene rings is 1. The number of nitrogens with zero attached hydrogens (tertiary/aromatic N) is 2. The third kappa shape index (κ3) is 3.64. The quantitative estimate of drug-likeness (QED) is 0.733. The molecule has 2 aromatic heterocycles. The van der Waals surface area contributed by atoms with E-state index >= 15 is 0 Å². The summed E-state index contributed by atoms with van der Waals surface area (Å²) >= 11 is 1.74. The first kappa shape index (κ1) is 18.5. The molecular formula is C21H25N3OS. The van der Waals surface area contributed by atoms with Crippen molar-refractivity contribution in [2.24, 2.45) is 0 Å². The van der Waals surface area contributed by atoms with E-state index in [0.29, 0.717) is 12.1 Å². The summed E-state index contributed by atoms with van der Waals surface area (Å²) in [5.74, 6) is -0.0489. The number of carbonyl (C=O) groups is 1. The maximum absolute atomic E-state index is 12.9. The van der Waals surface area contributed by atoms with E-state index in [1.165, 1.54) is 10.4 Å². The Morgan fingerprint density at radius 2 is 1.96 bits per heavy atom. The zero-order valence-electron chi connectivity index (χ0n) is 16.0. The van der Waals surface area contributed by atoms with Crippen LogP contribution >= 0.6 is 11.3 Å². The number of rotatable bonds is 5. The molecule has 5 heteroatoms. The zero-order valence-corrected chi connectivity index (χ0v) is 16.8. The Morgan fingerprint density at radius 3 is 2.62 bits per heavy atom. The Labute approximate surface area is 158 Å². The fourth-order valence-electron chi connectivity index (χ4n) is 3.23. The van der Waals surface area contributed by atoms with Gasteiger partial charge in [0.1, 0.15) is 0 Å². The van der Waals surface area contributed by atoms with Crippen LogP contribution in [0.3, 0.4) is 0 Å². The van der Waals surface area contributed by atoms with Gasteiger partial charge in [-0.25, -0.2) is 0 Å². The van der Waals surface area contributed by atoms with Crippen molar-refractivity contribution in [2.75, 3.05) is 20.6 Å². The molecule has 1 amide bonds. The number of aromatic nitrogens is 1. The largest absolute Gasteiger partial charge is 0.350 e. The highest BCUT2D eigenvalue weighted by atomic mass is 32.1. The van der Waals surface area contributed by atoms with Gasteiger partial charge in [-0.05, 0) is 63.5 Å². The number of para-hydroxylation sites is 1. The molecule has 0 fully saturated rings. The third-order valence-electron chi connectivity index (χ3n) is 4.70. The molecule has 2 heterocycles. The molecule has 0 spiro atoms. The summed E-state index contributed by atoms with van der Waals surface area (Å²) in [6, 6.07) is 10.1. The van der Waals surface area contributed by atoms with Crippen molar-refractivity contribution in [1.29, 1.82) is 0 Å². The molecule has 3 rings (SSSR count). The molecule has 0 saturated carbocycles. The van der Waals surface area contributed by atoms with Crippen LogP contribution in [-0.4, -0.2) is 36.4 Å². The second-order valence-corrected chi connectivity index (χ2v) is 7.89. The molecular weight excluding hydrogens is 342 g/mol. The lowest BCUT2D eigenvalue weighted by molar-refractivity contribution is 0.0943. The Bertz CT molecular complexity index is 946. The van der Waals surface area contributed by atoms with Gasteiger partial charge in [0.25, 0.3) is 5.91 Å². The lowest BCUT2D eigenvalue weighted by Gasteiger charge is -2.24. The summed E-state index contributed by atoms with van der Waals surface area (Å²) in [5.41, 5.74) is 4.80. The third-order valence-corrected chi connectivity index (χ3v) is 5.82. The average Bonchev–Trinajstić information content (AvgIpc) is 3.01. The molecule has 136 valence electrons. The number of hydrogen-bond donors (Lipinski definition) is 1. The van der Waals surface area contributed by atoms with Gasteiger partial charge in [0.05, 0.1) is 17.1 Å². The Morgan fingerprint density at radius 1 is 1.19 bits per heavy atom. The van der Waals surface area contributed by atoms with E-state index in [2.05, 4.69) is 33.6 Å². The fourth-order valence-corrected chi connectivity index (χ4v) is 4.35. The molecule has 3 aromatic rings. The molecule has 4 nitrogen and oxygen atoms in total. The van der Waals surface area contributed by atoms with E-state index in [1.54, 1.807) is 11.3 Å². The van der Waals surface area contributed by atoms with Gasteiger partial charge >= 0.3 is 0 Å². The summed E-state index contributed by atoms with van der Waals surface area (Å²) in [7, 11) is 4.09. The van der Waals surface area contributed by atoms with E-state index < -0.39 is 0 Å². The minimum Gasteiger partial charge on any atom is -0.350 e. The normalized spacial score (nSPS) is 12.5. The van der Waals surface area contributed by atoms with Crippen molar-refractivity contribution < 1.29 is 4.79 Å². The second kappa shape index (κ2) is 7.56. The summed E-state index contributed by atoms with van der Waals surface area (Å²) in [6.45, 7) is 6.65. The minimum atomic E-state index is -0.0489. The number of pyridine rings is 1. The van der Waals surface area contributed by atoms with Crippen molar-refractivity contribution in [1.82, 2.24) is 15.2 Å². The molecule has 0 bridgehead atoms. The van der Waals surface area contributed by atoms with Crippen LogP contribution in [0.1, 0.15) is 38.1 Å². The Hall–Kier alpha value is -2.24. The molecule has 0 aliphatic carbocycles. The monoisotopic (exact) mass is 367 g/mol. The molecule has 0 aliphatic rings. The number of benzene rings is 1. The van der Waals surface area contributed by atoms with Crippen LogP contribution in [0.25, 0.3) is 10.9 Å². The van der Waals surface area contributed by atoms with Gasteiger partial charge in [-0.3, -0.25) is 9.78 Å². The molecule has 0 saturated heterocycles. The van der Waals surface area contributed by atoms with E-state index in [9.17, 15) is 4.79 Å². The van der Waals surface area contributed by atoms with Crippen LogP contribution in [0.15, 0.2) is 35.7 Å². The van der Waals surface area contributed by atoms with Crippen LogP contribution in [0.5, 0.6) is 0 Å². The van der Waals surface area contributed by atoms with E-state index in [0.717, 1.165) is 22.2 Å². The topological polar surface area (TPSA) is 45.2 Å². The van der Waals surface area contributed by atoms with Crippen LogP contribution < -0.4 is 5.32 Å². The summed E-state index contributed by atoms with van der Waals surface area (Å²) in [4.78, 5) is 21.0. The summed E-state index contributed by atoms with van der Waals surface area (Å²) in [6.07, 6.45) is 0. The van der Waals surface area contributed by atoms with Crippen LogP contribution in [0, 0.1) is 20.8 Å². The first-order valence-corrected chi connectivity index (χ1v) is 9.62. The number of aryl methyl sites for hydroxylation is 3. The Balaban J connectivity index is 1.87. The number of amides is 1. The predicted molar refractivity (Wildman–Crippen MR) is 109 cm³/mol. The highest BCUT2D eigenvalue weighted by molar-refractivity contribution is 7.10. The van der Waals surface area contributed by atoms with Gasteiger partial charge in [0.2, 0.25) is 0 Å². The standard InChI is InChI=1S/C21H25N3OS/c1-13-7-6-8-16-17(11-15(3)23-19(13)16)21(25)22-12-18(24(4)5)20-14(2)9-10-26-20/h6-11,18H,12H2,1-5H3,(H,22,25)/t18-/m0/s1. The van der Waals surface area contributed by atoms with Crippen LogP contribution in [-0.2, 0) is 0 Å². The van der Waals surface area contributed by atoms with Gasteiger partial charge < -0.3 is 10.2 Å². The molecule has 1 aromatic carbocycles. The maximum Gasteiger partial charge on any atom is 0.252 e. The molecule has 0 radical (unpaired) electrons. The molecule has 0 aliphatic heterocycles. The number of fused-ring (bicyclic) bond motifs is 1. The molecule has 1 N–H and O–H groups in total.